The Kier molecular flexibility index (Phi) is 9.60. The standard InChI is InChI=1S/C9H18F3NO3/c1-14-6-7-15-4-2-13-3-5-16-8-9(10,11)12/h13H,2-8H2,1H3. The summed E-state index contributed by atoms with van der Waals surface area (Å²) in [5, 5.41) is 2.89. The van der Waals surface area contributed by atoms with Crippen LogP contribution in [-0.4, -0.2) is 59.4 Å². The van der Waals surface area contributed by atoms with Crippen molar-refractivity contribution in [1.82, 2.24) is 5.32 Å². The van der Waals surface area contributed by atoms with E-state index in [9.17, 15) is 13.2 Å². The Morgan fingerprint density at radius 2 is 1.56 bits per heavy atom. The molecule has 0 aromatic heterocycles. The molecule has 0 saturated carbocycles. The topological polar surface area (TPSA) is 39.7 Å². The van der Waals surface area contributed by atoms with Crippen LogP contribution in [0.4, 0.5) is 13.2 Å². The largest absolute Gasteiger partial charge is 0.411 e. The molecule has 4 nitrogen and oxygen atoms in total. The summed E-state index contributed by atoms with van der Waals surface area (Å²) < 4.78 is 49.2. The summed E-state index contributed by atoms with van der Waals surface area (Å²) in [6.45, 7) is 1.36. The molecule has 98 valence electrons. The molecule has 0 aliphatic carbocycles. The van der Waals surface area contributed by atoms with Crippen LogP contribution in [-0.2, 0) is 14.2 Å². The van der Waals surface area contributed by atoms with E-state index >= 15 is 0 Å². The second-order valence-corrected chi connectivity index (χ2v) is 3.02. The fourth-order valence-corrected chi connectivity index (χ4v) is 0.846. The zero-order valence-corrected chi connectivity index (χ0v) is 9.31. The van der Waals surface area contributed by atoms with Crippen LogP contribution in [0.1, 0.15) is 0 Å². The summed E-state index contributed by atoms with van der Waals surface area (Å²) >= 11 is 0. The van der Waals surface area contributed by atoms with Gasteiger partial charge in [0.25, 0.3) is 0 Å². The maximum Gasteiger partial charge on any atom is 0.411 e. The van der Waals surface area contributed by atoms with Crippen molar-refractivity contribution >= 4 is 0 Å². The molecule has 0 aliphatic heterocycles. The predicted octanol–water partition coefficient (Wildman–Crippen LogP) is 0.818. The lowest BCUT2D eigenvalue weighted by molar-refractivity contribution is -0.173. The molecule has 0 aromatic carbocycles. The summed E-state index contributed by atoms with van der Waals surface area (Å²) in [7, 11) is 1.58. The molecular formula is C9H18F3NO3. The Morgan fingerprint density at radius 3 is 2.12 bits per heavy atom. The van der Waals surface area contributed by atoms with Crippen LogP contribution in [0.25, 0.3) is 0 Å². The minimum Gasteiger partial charge on any atom is -0.382 e. The van der Waals surface area contributed by atoms with Gasteiger partial charge in [0.05, 0.1) is 26.4 Å². The van der Waals surface area contributed by atoms with Gasteiger partial charge in [0.15, 0.2) is 0 Å². The first-order valence-corrected chi connectivity index (χ1v) is 4.98. The van der Waals surface area contributed by atoms with Gasteiger partial charge in [-0.15, -0.1) is 0 Å². The summed E-state index contributed by atoms with van der Waals surface area (Å²) in [6.07, 6.45) is -4.25. The molecule has 0 saturated heterocycles. The van der Waals surface area contributed by atoms with E-state index in [0.29, 0.717) is 32.9 Å². The van der Waals surface area contributed by atoms with E-state index in [1.54, 1.807) is 7.11 Å². The average molecular weight is 245 g/mol. The zero-order chi connectivity index (χ0) is 12.3. The maximum absolute atomic E-state index is 11.6. The second-order valence-electron chi connectivity index (χ2n) is 3.02. The van der Waals surface area contributed by atoms with Crippen LogP contribution in [0.5, 0.6) is 0 Å². The average Bonchev–Trinajstić information content (AvgIpc) is 2.19. The number of rotatable bonds is 10. The third-order valence-corrected chi connectivity index (χ3v) is 1.54. The Balaban J connectivity index is 2.99. The van der Waals surface area contributed by atoms with E-state index in [1.807, 2.05) is 0 Å². The number of alkyl halides is 3. The first kappa shape index (κ1) is 15.6. The monoisotopic (exact) mass is 245 g/mol. The van der Waals surface area contributed by atoms with Gasteiger partial charge in [0.1, 0.15) is 6.61 Å². The summed E-state index contributed by atoms with van der Waals surface area (Å²) in [4.78, 5) is 0. The van der Waals surface area contributed by atoms with E-state index in [4.69, 9.17) is 9.47 Å². The predicted molar refractivity (Wildman–Crippen MR) is 52.4 cm³/mol. The van der Waals surface area contributed by atoms with Gasteiger partial charge in [-0.3, -0.25) is 0 Å². The third kappa shape index (κ3) is 13.6. The van der Waals surface area contributed by atoms with Crippen LogP contribution >= 0.6 is 0 Å². The van der Waals surface area contributed by atoms with Gasteiger partial charge in [-0.2, -0.15) is 13.2 Å². The number of halogens is 3. The third-order valence-electron chi connectivity index (χ3n) is 1.54. The first-order chi connectivity index (χ1) is 7.56. The zero-order valence-electron chi connectivity index (χ0n) is 9.31. The van der Waals surface area contributed by atoms with Gasteiger partial charge in [-0.25, -0.2) is 0 Å². The molecule has 0 unspecified atom stereocenters. The Morgan fingerprint density at radius 1 is 0.938 bits per heavy atom. The lowest BCUT2D eigenvalue weighted by Gasteiger charge is -2.08. The molecule has 0 fully saturated rings. The molecule has 0 aromatic rings. The van der Waals surface area contributed by atoms with Crippen molar-refractivity contribution in [2.45, 2.75) is 6.18 Å². The van der Waals surface area contributed by atoms with Gasteiger partial charge >= 0.3 is 6.18 Å². The van der Waals surface area contributed by atoms with Crippen LogP contribution in [0.15, 0.2) is 0 Å². The molecular weight excluding hydrogens is 227 g/mol. The summed E-state index contributed by atoms with van der Waals surface area (Å²) in [6, 6.07) is 0. The van der Waals surface area contributed by atoms with E-state index < -0.39 is 12.8 Å². The van der Waals surface area contributed by atoms with Gasteiger partial charge in [-0.1, -0.05) is 0 Å². The van der Waals surface area contributed by atoms with Crippen molar-refractivity contribution in [3.63, 3.8) is 0 Å². The smallest absolute Gasteiger partial charge is 0.382 e. The number of nitrogens with one attached hydrogen (secondary N) is 1. The summed E-state index contributed by atoms with van der Waals surface area (Å²) in [5.74, 6) is 0. The number of hydrogen-bond acceptors (Lipinski definition) is 4. The Bertz CT molecular complexity index is 155. The maximum atomic E-state index is 11.6. The summed E-state index contributed by atoms with van der Waals surface area (Å²) in [5.41, 5.74) is 0. The highest BCUT2D eigenvalue weighted by Crippen LogP contribution is 2.13. The quantitative estimate of drug-likeness (QED) is 0.578. The first-order valence-electron chi connectivity index (χ1n) is 4.98. The highest BCUT2D eigenvalue weighted by Gasteiger charge is 2.27. The Hall–Kier alpha value is -0.370. The van der Waals surface area contributed by atoms with E-state index in [2.05, 4.69) is 10.1 Å². The second kappa shape index (κ2) is 9.83. The van der Waals surface area contributed by atoms with Gasteiger partial charge in [0, 0.05) is 20.2 Å². The lowest BCUT2D eigenvalue weighted by atomic mass is 10.6. The van der Waals surface area contributed by atoms with Crippen molar-refractivity contribution < 1.29 is 27.4 Å². The van der Waals surface area contributed by atoms with Crippen molar-refractivity contribution in [3.05, 3.63) is 0 Å². The van der Waals surface area contributed by atoms with Crippen LogP contribution < -0.4 is 5.32 Å². The van der Waals surface area contributed by atoms with Gasteiger partial charge in [0.2, 0.25) is 0 Å². The SMILES string of the molecule is COCCOCCNCCOCC(F)(F)F. The van der Waals surface area contributed by atoms with Crippen molar-refractivity contribution in [2.75, 3.05) is 53.2 Å². The van der Waals surface area contributed by atoms with Crippen molar-refractivity contribution in [1.29, 1.82) is 0 Å². The molecule has 0 spiro atoms. The molecule has 7 heteroatoms. The number of methoxy groups -OCH3 is 1. The fraction of sp³-hybridized carbons (Fsp3) is 1.00. The number of ether oxygens (including phenoxy) is 3. The minimum absolute atomic E-state index is 0.0393. The number of hydrogen-bond donors (Lipinski definition) is 1. The highest BCUT2D eigenvalue weighted by atomic mass is 19.4. The minimum atomic E-state index is -4.25. The van der Waals surface area contributed by atoms with Gasteiger partial charge < -0.3 is 19.5 Å². The van der Waals surface area contributed by atoms with Crippen molar-refractivity contribution in [2.24, 2.45) is 0 Å². The molecule has 0 bridgehead atoms. The molecule has 0 heterocycles. The van der Waals surface area contributed by atoms with E-state index in [-0.39, 0.29) is 6.61 Å². The Labute approximate surface area is 93.0 Å². The molecule has 1 N–H and O–H groups in total. The molecule has 0 aliphatic rings. The normalized spacial score (nSPS) is 12.0. The molecule has 16 heavy (non-hydrogen) atoms. The van der Waals surface area contributed by atoms with Crippen LogP contribution in [0.3, 0.4) is 0 Å². The highest BCUT2D eigenvalue weighted by molar-refractivity contribution is 4.48. The van der Waals surface area contributed by atoms with E-state index in [0.717, 1.165) is 0 Å². The van der Waals surface area contributed by atoms with E-state index in [1.165, 1.54) is 0 Å². The molecule has 0 rings (SSSR count). The lowest BCUT2D eigenvalue weighted by Crippen LogP contribution is -2.26. The fourth-order valence-electron chi connectivity index (χ4n) is 0.846. The molecule has 0 radical (unpaired) electrons. The van der Waals surface area contributed by atoms with Gasteiger partial charge in [-0.05, 0) is 0 Å². The van der Waals surface area contributed by atoms with Crippen LogP contribution in [0.2, 0.25) is 0 Å². The van der Waals surface area contributed by atoms with Crippen LogP contribution in [0, 0.1) is 0 Å². The molecule has 0 atom stereocenters. The van der Waals surface area contributed by atoms with Crippen molar-refractivity contribution in [3.8, 4) is 0 Å². The molecule has 0 amide bonds.